The number of halogens is 2. The second-order valence-corrected chi connectivity index (χ2v) is 4.84. The van der Waals surface area contributed by atoms with Gasteiger partial charge in [-0.1, -0.05) is 24.3 Å². The normalized spacial score (nSPS) is 12.2. The molecule has 0 saturated heterocycles. The van der Waals surface area contributed by atoms with Gasteiger partial charge in [-0.2, -0.15) is 0 Å². The second-order valence-electron chi connectivity index (χ2n) is 4.84. The van der Waals surface area contributed by atoms with Crippen molar-refractivity contribution in [3.8, 4) is 0 Å². The average Bonchev–Trinajstić information content (AvgIpc) is 2.53. The molecule has 1 aromatic heterocycles. The maximum absolute atomic E-state index is 12.5. The topological polar surface area (TPSA) is 80.9 Å². The van der Waals surface area contributed by atoms with Crippen molar-refractivity contribution in [3.05, 3.63) is 59.2 Å². The van der Waals surface area contributed by atoms with Crippen molar-refractivity contribution >= 4 is 5.91 Å². The summed E-state index contributed by atoms with van der Waals surface area (Å²) in [5.74, 6) is -0.527. The third kappa shape index (κ3) is 4.05. The second kappa shape index (κ2) is 7.04. The van der Waals surface area contributed by atoms with E-state index in [-0.39, 0.29) is 18.3 Å². The van der Waals surface area contributed by atoms with Crippen molar-refractivity contribution in [2.24, 2.45) is 5.73 Å². The molecule has 1 atom stereocenters. The molecule has 0 saturated carbocycles. The minimum atomic E-state index is -2.74. The quantitative estimate of drug-likeness (QED) is 0.888. The van der Waals surface area contributed by atoms with Gasteiger partial charge in [0.1, 0.15) is 17.7 Å². The highest BCUT2D eigenvalue weighted by atomic mass is 19.3. The van der Waals surface area contributed by atoms with E-state index in [1.807, 2.05) is 31.2 Å². The highest BCUT2D eigenvalue weighted by Gasteiger charge is 2.13. The van der Waals surface area contributed by atoms with Crippen LogP contribution in [0.2, 0.25) is 0 Å². The van der Waals surface area contributed by atoms with E-state index in [2.05, 4.69) is 15.3 Å². The summed E-state index contributed by atoms with van der Waals surface area (Å²) in [7, 11) is 0. The molecule has 3 N–H and O–H groups in total. The van der Waals surface area contributed by atoms with Crippen LogP contribution >= 0.6 is 0 Å². The molecule has 0 aliphatic carbocycles. The number of nitrogens with two attached hydrogens (primary N) is 1. The molecule has 22 heavy (non-hydrogen) atoms. The van der Waals surface area contributed by atoms with Crippen LogP contribution in [0.25, 0.3) is 0 Å². The Labute approximate surface area is 126 Å². The van der Waals surface area contributed by atoms with Crippen LogP contribution in [0.1, 0.15) is 46.7 Å². The van der Waals surface area contributed by atoms with Crippen molar-refractivity contribution in [1.82, 2.24) is 15.3 Å². The Bertz CT molecular complexity index is 644. The molecule has 1 heterocycles. The number of hydrogen-bond acceptors (Lipinski definition) is 4. The molecule has 0 spiro atoms. The molecule has 2 rings (SSSR count). The van der Waals surface area contributed by atoms with Crippen LogP contribution < -0.4 is 11.1 Å². The average molecular weight is 306 g/mol. The molecule has 2 aromatic rings. The van der Waals surface area contributed by atoms with Crippen LogP contribution in [-0.2, 0) is 6.54 Å². The first-order valence-corrected chi connectivity index (χ1v) is 6.70. The van der Waals surface area contributed by atoms with E-state index in [1.165, 1.54) is 0 Å². The molecule has 1 aromatic carbocycles. The third-order valence-corrected chi connectivity index (χ3v) is 3.10. The van der Waals surface area contributed by atoms with Gasteiger partial charge in [-0.3, -0.25) is 4.79 Å². The number of carbonyl (C=O) groups excluding carboxylic acids is 1. The molecule has 1 unspecified atom stereocenters. The fraction of sp³-hybridized carbons (Fsp3) is 0.267. The molecule has 5 nitrogen and oxygen atoms in total. The fourth-order valence-electron chi connectivity index (χ4n) is 1.83. The van der Waals surface area contributed by atoms with Gasteiger partial charge in [0.25, 0.3) is 12.3 Å². The van der Waals surface area contributed by atoms with Crippen molar-refractivity contribution in [2.75, 3.05) is 0 Å². The van der Waals surface area contributed by atoms with Gasteiger partial charge in [0.15, 0.2) is 0 Å². The number of nitrogens with one attached hydrogen (secondary N) is 1. The van der Waals surface area contributed by atoms with Gasteiger partial charge in [-0.05, 0) is 24.1 Å². The molecular weight excluding hydrogens is 290 g/mol. The summed E-state index contributed by atoms with van der Waals surface area (Å²) in [6.07, 6.45) is -1.78. The number of rotatable bonds is 5. The van der Waals surface area contributed by atoms with Crippen LogP contribution in [0.5, 0.6) is 0 Å². The van der Waals surface area contributed by atoms with Crippen molar-refractivity contribution in [3.63, 3.8) is 0 Å². The molecule has 116 valence electrons. The largest absolute Gasteiger partial charge is 0.347 e. The summed E-state index contributed by atoms with van der Waals surface area (Å²) in [5.41, 5.74) is 7.07. The Morgan fingerprint density at radius 1 is 1.27 bits per heavy atom. The van der Waals surface area contributed by atoms with E-state index < -0.39 is 18.0 Å². The minimum absolute atomic E-state index is 0.0579. The maximum Gasteiger partial charge on any atom is 0.280 e. The molecule has 7 heteroatoms. The number of benzene rings is 1. The molecule has 0 aliphatic rings. The first-order chi connectivity index (χ1) is 10.5. The Kier molecular flexibility index (Phi) is 5.11. The number of hydrogen-bond donors (Lipinski definition) is 2. The molecular formula is C15H16F2N4O. The zero-order valence-electron chi connectivity index (χ0n) is 12.0. The van der Waals surface area contributed by atoms with Crippen molar-refractivity contribution in [2.45, 2.75) is 25.9 Å². The summed E-state index contributed by atoms with van der Waals surface area (Å²) < 4.78 is 25.1. The van der Waals surface area contributed by atoms with E-state index in [0.29, 0.717) is 0 Å². The standard InChI is InChI=1S/C15H16F2N4O/c1-9(18)11-4-2-10(3-5-11)7-19-15(22)13-6-12(14(16)17)20-8-21-13/h2-6,8-9,14H,7,18H2,1H3,(H,19,22). The molecule has 0 aliphatic heterocycles. The van der Waals surface area contributed by atoms with Crippen LogP contribution in [-0.4, -0.2) is 15.9 Å². The van der Waals surface area contributed by atoms with Gasteiger partial charge in [-0.15, -0.1) is 0 Å². The van der Waals surface area contributed by atoms with Crippen LogP contribution in [0.15, 0.2) is 36.7 Å². The van der Waals surface area contributed by atoms with Crippen LogP contribution in [0.3, 0.4) is 0 Å². The first-order valence-electron chi connectivity index (χ1n) is 6.70. The third-order valence-electron chi connectivity index (χ3n) is 3.10. The lowest BCUT2D eigenvalue weighted by atomic mass is 10.1. The molecule has 0 bridgehead atoms. The van der Waals surface area contributed by atoms with E-state index in [9.17, 15) is 13.6 Å². The molecule has 0 fully saturated rings. The Hall–Kier alpha value is -2.41. The van der Waals surface area contributed by atoms with Gasteiger partial charge in [0, 0.05) is 12.6 Å². The Morgan fingerprint density at radius 3 is 2.55 bits per heavy atom. The Morgan fingerprint density at radius 2 is 1.95 bits per heavy atom. The zero-order chi connectivity index (χ0) is 16.1. The summed E-state index contributed by atoms with van der Waals surface area (Å²) in [5, 5.41) is 2.62. The van der Waals surface area contributed by atoms with E-state index >= 15 is 0 Å². The van der Waals surface area contributed by atoms with E-state index in [4.69, 9.17) is 5.73 Å². The maximum atomic E-state index is 12.5. The predicted molar refractivity (Wildman–Crippen MR) is 77.2 cm³/mol. The molecule has 0 radical (unpaired) electrons. The summed E-state index contributed by atoms with van der Waals surface area (Å²) in [6.45, 7) is 2.15. The zero-order valence-corrected chi connectivity index (χ0v) is 12.0. The van der Waals surface area contributed by atoms with Crippen LogP contribution in [0, 0.1) is 0 Å². The lowest BCUT2D eigenvalue weighted by Crippen LogP contribution is -2.24. The van der Waals surface area contributed by atoms with E-state index in [1.54, 1.807) is 0 Å². The van der Waals surface area contributed by atoms with Gasteiger partial charge >= 0.3 is 0 Å². The summed E-state index contributed by atoms with van der Waals surface area (Å²) in [4.78, 5) is 19.0. The van der Waals surface area contributed by atoms with E-state index in [0.717, 1.165) is 23.5 Å². The number of alkyl halides is 2. The molecule has 1 amide bonds. The Balaban J connectivity index is 1.99. The van der Waals surface area contributed by atoms with Crippen molar-refractivity contribution < 1.29 is 13.6 Å². The van der Waals surface area contributed by atoms with Gasteiger partial charge in [0.05, 0.1) is 0 Å². The predicted octanol–water partition coefficient (Wildman–Crippen LogP) is 2.36. The van der Waals surface area contributed by atoms with Crippen molar-refractivity contribution in [1.29, 1.82) is 0 Å². The fourth-order valence-corrected chi connectivity index (χ4v) is 1.83. The van der Waals surface area contributed by atoms with Gasteiger partial charge in [-0.25, -0.2) is 18.7 Å². The summed E-state index contributed by atoms with van der Waals surface area (Å²) in [6, 6.07) is 8.39. The lowest BCUT2D eigenvalue weighted by molar-refractivity contribution is 0.0944. The highest BCUT2D eigenvalue weighted by Crippen LogP contribution is 2.15. The number of amides is 1. The number of nitrogens with zero attached hydrogens (tertiary/aromatic N) is 2. The smallest absolute Gasteiger partial charge is 0.280 e. The van der Waals surface area contributed by atoms with Gasteiger partial charge < -0.3 is 11.1 Å². The summed E-state index contributed by atoms with van der Waals surface area (Å²) >= 11 is 0. The number of aromatic nitrogens is 2. The van der Waals surface area contributed by atoms with Crippen LogP contribution in [0.4, 0.5) is 8.78 Å². The van der Waals surface area contributed by atoms with Gasteiger partial charge in [0.2, 0.25) is 0 Å². The SMILES string of the molecule is CC(N)c1ccc(CNC(=O)c2cc(C(F)F)ncn2)cc1. The lowest BCUT2D eigenvalue weighted by Gasteiger charge is -2.08. The minimum Gasteiger partial charge on any atom is -0.347 e. The highest BCUT2D eigenvalue weighted by molar-refractivity contribution is 5.92. The number of carbonyl (C=O) groups is 1. The first kappa shape index (κ1) is 16.0. The monoisotopic (exact) mass is 306 g/mol.